The van der Waals surface area contributed by atoms with Crippen LogP contribution in [0.2, 0.25) is 0 Å². The Balaban J connectivity index is 1.56. The van der Waals surface area contributed by atoms with Crippen LogP contribution in [0.3, 0.4) is 0 Å². The van der Waals surface area contributed by atoms with E-state index in [9.17, 15) is 0 Å². The van der Waals surface area contributed by atoms with Gasteiger partial charge in [0, 0.05) is 31.1 Å². The fraction of sp³-hybridized carbons (Fsp3) is 0.444. The summed E-state index contributed by atoms with van der Waals surface area (Å²) in [5, 5.41) is 8.92. The summed E-state index contributed by atoms with van der Waals surface area (Å²) in [4.78, 5) is 4.78. The Kier molecular flexibility index (Phi) is 3.97. The minimum absolute atomic E-state index is 0.429. The molecule has 0 saturated carbocycles. The van der Waals surface area contributed by atoms with E-state index in [1.165, 1.54) is 0 Å². The molecule has 23 heavy (non-hydrogen) atoms. The summed E-state index contributed by atoms with van der Waals surface area (Å²) < 4.78 is 5.79. The maximum absolute atomic E-state index is 5.79. The molecule has 0 spiro atoms. The molecule has 0 N–H and O–H groups in total. The van der Waals surface area contributed by atoms with Crippen LogP contribution in [0.4, 0.5) is 5.82 Å². The molecule has 2 fully saturated rings. The van der Waals surface area contributed by atoms with Crippen LogP contribution in [0.15, 0.2) is 42.5 Å². The van der Waals surface area contributed by atoms with Crippen molar-refractivity contribution in [3.63, 3.8) is 0 Å². The smallest absolute Gasteiger partial charge is 0.151 e. The van der Waals surface area contributed by atoms with Gasteiger partial charge in [0.15, 0.2) is 5.82 Å². The van der Waals surface area contributed by atoms with Crippen LogP contribution in [0.5, 0.6) is 0 Å². The molecule has 1 aromatic heterocycles. The van der Waals surface area contributed by atoms with Crippen molar-refractivity contribution < 1.29 is 4.74 Å². The van der Waals surface area contributed by atoms with Gasteiger partial charge in [-0.1, -0.05) is 30.3 Å². The lowest BCUT2D eigenvalue weighted by atomic mass is 10.1. The van der Waals surface area contributed by atoms with Crippen LogP contribution in [0.25, 0.3) is 11.3 Å². The van der Waals surface area contributed by atoms with Gasteiger partial charge in [-0.05, 0) is 19.2 Å². The number of benzene rings is 1. The Morgan fingerprint density at radius 2 is 1.83 bits per heavy atom. The van der Waals surface area contributed by atoms with E-state index in [1.807, 2.05) is 18.2 Å². The van der Waals surface area contributed by atoms with E-state index >= 15 is 0 Å². The number of fused-ring (bicyclic) bond motifs is 3. The van der Waals surface area contributed by atoms with Crippen LogP contribution in [-0.4, -0.2) is 61.0 Å². The van der Waals surface area contributed by atoms with Crippen LogP contribution in [-0.2, 0) is 4.74 Å². The van der Waals surface area contributed by atoms with Crippen molar-refractivity contribution in [1.82, 2.24) is 15.1 Å². The van der Waals surface area contributed by atoms with Gasteiger partial charge >= 0.3 is 0 Å². The molecular formula is C18H22N4O. The summed E-state index contributed by atoms with van der Waals surface area (Å²) >= 11 is 0. The van der Waals surface area contributed by atoms with Crippen molar-refractivity contribution in [3.05, 3.63) is 42.5 Å². The monoisotopic (exact) mass is 310 g/mol. The first-order chi connectivity index (χ1) is 11.3. The van der Waals surface area contributed by atoms with Crippen molar-refractivity contribution >= 4 is 5.82 Å². The lowest BCUT2D eigenvalue weighted by Crippen LogP contribution is -2.42. The highest BCUT2D eigenvalue weighted by Gasteiger charge is 2.31. The number of nitrogens with zero attached hydrogens (tertiary/aromatic N) is 4. The molecule has 2 bridgehead atoms. The number of anilines is 1. The van der Waals surface area contributed by atoms with Gasteiger partial charge in [-0.15, -0.1) is 10.2 Å². The third-order valence-corrected chi connectivity index (χ3v) is 4.79. The maximum atomic E-state index is 5.79. The van der Waals surface area contributed by atoms with Crippen molar-refractivity contribution in [2.24, 2.45) is 5.92 Å². The molecule has 5 nitrogen and oxygen atoms in total. The Labute approximate surface area is 136 Å². The first-order valence-corrected chi connectivity index (χ1v) is 8.21. The zero-order valence-electron chi connectivity index (χ0n) is 13.4. The molecule has 0 radical (unpaired) electrons. The number of hydrogen-bond acceptors (Lipinski definition) is 5. The topological polar surface area (TPSA) is 41.5 Å². The highest BCUT2D eigenvalue weighted by atomic mass is 16.5. The number of rotatable bonds is 2. The summed E-state index contributed by atoms with van der Waals surface area (Å²) in [6.07, 6.45) is 0. The van der Waals surface area contributed by atoms with E-state index in [2.05, 4.69) is 51.3 Å². The Morgan fingerprint density at radius 1 is 0.957 bits per heavy atom. The number of hydrogen-bond donors (Lipinski definition) is 0. The molecule has 5 heteroatoms. The summed E-state index contributed by atoms with van der Waals surface area (Å²) in [6.45, 7) is 4.68. The fourth-order valence-corrected chi connectivity index (χ4v) is 3.49. The number of likely N-dealkylation sites (N-methyl/N-ethyl adjacent to an activating group) is 1. The molecule has 0 amide bonds. The fourth-order valence-electron chi connectivity index (χ4n) is 3.49. The Morgan fingerprint density at radius 3 is 2.61 bits per heavy atom. The van der Waals surface area contributed by atoms with Gasteiger partial charge in [-0.3, -0.25) is 4.90 Å². The van der Waals surface area contributed by atoms with Crippen LogP contribution in [0.1, 0.15) is 0 Å². The van der Waals surface area contributed by atoms with Crippen molar-refractivity contribution in [3.8, 4) is 11.3 Å². The van der Waals surface area contributed by atoms with Crippen molar-refractivity contribution in [2.75, 3.05) is 44.8 Å². The molecule has 2 atom stereocenters. The minimum atomic E-state index is 0.429. The van der Waals surface area contributed by atoms with Gasteiger partial charge < -0.3 is 9.64 Å². The molecule has 3 heterocycles. The molecule has 2 aliphatic rings. The van der Waals surface area contributed by atoms with Crippen LogP contribution in [0, 0.1) is 5.92 Å². The van der Waals surface area contributed by atoms with Gasteiger partial charge in [0.1, 0.15) is 0 Å². The molecule has 0 unspecified atom stereocenters. The normalized spacial score (nSPS) is 25.2. The van der Waals surface area contributed by atoms with Crippen molar-refractivity contribution in [1.29, 1.82) is 0 Å². The molecule has 4 rings (SSSR count). The molecule has 120 valence electrons. The third-order valence-electron chi connectivity index (χ3n) is 4.79. The average Bonchev–Trinajstić information content (AvgIpc) is 2.84. The number of aromatic nitrogens is 2. The third kappa shape index (κ3) is 3.07. The highest BCUT2D eigenvalue weighted by Crippen LogP contribution is 2.23. The standard InChI is InChI=1S/C18H22N4O/c1-21-9-14-10-22(11-16(21)13-23-12-14)18-8-7-17(19-20-18)15-5-3-2-4-6-15/h2-8,14,16H,9-13H2,1H3/t14-,16+/m1/s1. The Bertz CT molecular complexity index is 646. The summed E-state index contributed by atoms with van der Waals surface area (Å²) in [5.41, 5.74) is 2.03. The molecular weight excluding hydrogens is 288 g/mol. The van der Waals surface area contributed by atoms with Gasteiger partial charge in [0.05, 0.1) is 24.9 Å². The highest BCUT2D eigenvalue weighted by molar-refractivity contribution is 5.59. The Hall–Kier alpha value is -1.98. The minimum Gasteiger partial charge on any atom is -0.379 e. The number of ether oxygens (including phenoxy) is 1. The van der Waals surface area contributed by atoms with E-state index in [0.29, 0.717) is 12.0 Å². The second kappa shape index (κ2) is 6.26. The second-order valence-corrected chi connectivity index (χ2v) is 6.54. The first-order valence-electron chi connectivity index (χ1n) is 8.21. The van der Waals surface area contributed by atoms with E-state index in [0.717, 1.165) is 49.9 Å². The largest absolute Gasteiger partial charge is 0.379 e. The van der Waals surface area contributed by atoms with E-state index in [4.69, 9.17) is 4.74 Å². The first kappa shape index (κ1) is 14.6. The predicted octanol–water partition coefficient (Wildman–Crippen LogP) is 1.91. The molecule has 1 aromatic carbocycles. The van der Waals surface area contributed by atoms with Gasteiger partial charge in [0.25, 0.3) is 0 Å². The van der Waals surface area contributed by atoms with Crippen molar-refractivity contribution in [2.45, 2.75) is 6.04 Å². The molecule has 2 aromatic rings. The van der Waals surface area contributed by atoms with Gasteiger partial charge in [-0.25, -0.2) is 0 Å². The molecule has 2 saturated heterocycles. The predicted molar refractivity (Wildman–Crippen MR) is 90.4 cm³/mol. The van der Waals surface area contributed by atoms with E-state index in [1.54, 1.807) is 0 Å². The molecule has 2 aliphatic heterocycles. The van der Waals surface area contributed by atoms with Gasteiger partial charge in [0.2, 0.25) is 0 Å². The molecule has 0 aliphatic carbocycles. The van der Waals surface area contributed by atoms with Crippen LogP contribution < -0.4 is 4.90 Å². The lowest BCUT2D eigenvalue weighted by molar-refractivity contribution is 0.0929. The average molecular weight is 310 g/mol. The summed E-state index contributed by atoms with van der Waals surface area (Å²) in [5.74, 6) is 1.50. The lowest BCUT2D eigenvalue weighted by Gasteiger charge is -2.30. The zero-order valence-corrected chi connectivity index (χ0v) is 13.4. The SMILES string of the molecule is CN1C[C@H]2COC[C@@H]1CN(c1ccc(-c3ccccc3)nn1)C2. The second-order valence-electron chi connectivity index (χ2n) is 6.54. The van der Waals surface area contributed by atoms with E-state index < -0.39 is 0 Å². The zero-order chi connectivity index (χ0) is 15.6. The van der Waals surface area contributed by atoms with E-state index in [-0.39, 0.29) is 0 Å². The quantitative estimate of drug-likeness (QED) is 0.847. The summed E-state index contributed by atoms with van der Waals surface area (Å²) in [7, 11) is 2.19. The van der Waals surface area contributed by atoms with Gasteiger partial charge in [-0.2, -0.15) is 0 Å². The summed E-state index contributed by atoms with van der Waals surface area (Å²) in [6, 6.07) is 14.8. The van der Waals surface area contributed by atoms with Crippen LogP contribution >= 0.6 is 0 Å². The maximum Gasteiger partial charge on any atom is 0.151 e.